The minimum Gasteiger partial charge on any atom is -1.00 e. The molecule has 0 amide bonds. The molecule has 0 aromatic heterocycles. The Morgan fingerprint density at radius 3 is 1.70 bits per heavy atom. The fourth-order valence-electron chi connectivity index (χ4n) is 6.49. The molecular formula is C41H56ClN8O6-. The van der Waals surface area contributed by atoms with Crippen molar-refractivity contribution in [3.63, 3.8) is 0 Å². The van der Waals surface area contributed by atoms with Crippen LogP contribution in [0.4, 0.5) is 11.4 Å². The first-order valence-electron chi connectivity index (χ1n) is 18.8. The first-order valence-corrected chi connectivity index (χ1v) is 18.8. The second-order valence-corrected chi connectivity index (χ2v) is 13.8. The van der Waals surface area contributed by atoms with E-state index in [0.29, 0.717) is 99.0 Å². The number of fused-ring (bicyclic) bond motifs is 2. The Morgan fingerprint density at radius 2 is 1.11 bits per heavy atom. The van der Waals surface area contributed by atoms with Gasteiger partial charge in [-0.25, -0.2) is 0 Å². The standard InChI is InChI=1S/C41H56N8O6.ClH/c1-40(2)34(32-48(37-15-10-8-13-35(37)40)20-23-52-26-29-53-27-24-50-21-18-44-46-42)12-6-5-7-17-39-41(3,4)36-14-9-11-16-38(36)49(39)33-55-31-30-54-28-25-51-22-19-45-47-43;/h5-17,32H,18-31,33H2,1-4H3;1H/p-1/b7-5+,12-6+,39-17+;. The number of hydrogen-bond donors (Lipinski definition) is 0. The van der Waals surface area contributed by atoms with Crippen molar-refractivity contribution in [2.75, 3.05) is 109 Å². The average Bonchev–Trinajstić information content (AvgIpc) is 3.40. The van der Waals surface area contributed by atoms with Gasteiger partial charge in [0.15, 0.2) is 0 Å². The Morgan fingerprint density at radius 1 is 0.607 bits per heavy atom. The fourth-order valence-corrected chi connectivity index (χ4v) is 6.49. The molecule has 0 fully saturated rings. The number of hydrogen-bond acceptors (Lipinski definition) is 10. The van der Waals surface area contributed by atoms with E-state index >= 15 is 0 Å². The molecule has 0 saturated heterocycles. The molecule has 2 aromatic rings. The number of nitrogens with zero attached hydrogens (tertiary/aromatic N) is 8. The van der Waals surface area contributed by atoms with E-state index in [0.717, 1.165) is 11.4 Å². The first-order chi connectivity index (χ1) is 26.8. The molecule has 304 valence electrons. The summed E-state index contributed by atoms with van der Waals surface area (Å²) in [5.41, 5.74) is 23.5. The molecule has 0 N–H and O–H groups in total. The average molecular weight is 792 g/mol. The zero-order chi connectivity index (χ0) is 39.2. The van der Waals surface area contributed by atoms with Crippen molar-refractivity contribution in [1.29, 1.82) is 0 Å². The Bertz CT molecular complexity index is 1720. The number of anilines is 2. The molecule has 15 heteroatoms. The minimum atomic E-state index is -0.201. The molecule has 4 rings (SSSR count). The Kier molecular flexibility index (Phi) is 20.6. The molecule has 2 aliphatic heterocycles. The van der Waals surface area contributed by atoms with E-state index in [4.69, 9.17) is 39.5 Å². The summed E-state index contributed by atoms with van der Waals surface area (Å²) in [7, 11) is 0. The van der Waals surface area contributed by atoms with Crippen LogP contribution < -0.4 is 22.2 Å². The maximum Gasteiger partial charge on any atom is 0.123 e. The van der Waals surface area contributed by atoms with Crippen molar-refractivity contribution < 1.29 is 40.8 Å². The lowest BCUT2D eigenvalue weighted by atomic mass is 9.75. The zero-order valence-corrected chi connectivity index (χ0v) is 33.9. The number of para-hydroxylation sites is 2. The molecule has 0 aliphatic carbocycles. The monoisotopic (exact) mass is 791 g/mol. The largest absolute Gasteiger partial charge is 1.00 e. The smallest absolute Gasteiger partial charge is 0.123 e. The summed E-state index contributed by atoms with van der Waals surface area (Å²) < 4.78 is 34.0. The van der Waals surface area contributed by atoms with Crippen LogP contribution in [0.5, 0.6) is 0 Å². The third-order valence-corrected chi connectivity index (χ3v) is 9.44. The molecule has 0 atom stereocenters. The predicted molar refractivity (Wildman–Crippen MR) is 216 cm³/mol. The van der Waals surface area contributed by atoms with Gasteiger partial charge in [-0.2, -0.15) is 0 Å². The number of rotatable bonds is 26. The quantitative estimate of drug-likeness (QED) is 0.0417. The second kappa shape index (κ2) is 25.0. The SMILES string of the molecule is CC1(C)C(/C=C/C=C/C=C2/N(COCCOCCOCCN=[N+]=[N-])c3ccccc3C2(C)C)=CN(CCOCCOCCOCCN=[N+]=[N-])c2ccccc21.[Cl-]. The highest BCUT2D eigenvalue weighted by Crippen LogP contribution is 2.47. The van der Waals surface area contributed by atoms with Crippen molar-refractivity contribution in [1.82, 2.24) is 0 Å². The van der Waals surface area contributed by atoms with Crippen LogP contribution in [0.1, 0.15) is 38.8 Å². The fraction of sp³-hybridized carbons (Fsp3) is 0.512. The number of halogens is 1. The van der Waals surface area contributed by atoms with Crippen LogP contribution in [-0.2, 0) is 39.3 Å². The zero-order valence-electron chi connectivity index (χ0n) is 33.1. The molecule has 0 saturated carbocycles. The normalized spacial score (nSPS) is 16.0. The van der Waals surface area contributed by atoms with Gasteiger partial charge in [0.2, 0.25) is 0 Å². The van der Waals surface area contributed by atoms with Gasteiger partial charge in [0.05, 0.1) is 72.7 Å². The lowest BCUT2D eigenvalue weighted by Crippen LogP contribution is -3.00. The highest BCUT2D eigenvalue weighted by atomic mass is 35.5. The van der Waals surface area contributed by atoms with Gasteiger partial charge >= 0.3 is 0 Å². The van der Waals surface area contributed by atoms with Gasteiger partial charge in [-0.3, -0.25) is 0 Å². The van der Waals surface area contributed by atoms with Gasteiger partial charge in [0.25, 0.3) is 0 Å². The molecular weight excluding hydrogens is 736 g/mol. The molecule has 0 spiro atoms. The summed E-state index contributed by atoms with van der Waals surface area (Å²) in [6, 6.07) is 17.0. The van der Waals surface area contributed by atoms with Crippen LogP contribution in [0.3, 0.4) is 0 Å². The summed E-state index contributed by atoms with van der Waals surface area (Å²) in [6.45, 7) is 15.8. The Hall–Kier alpha value is -4.33. The maximum atomic E-state index is 8.32. The van der Waals surface area contributed by atoms with Crippen molar-refractivity contribution in [2.24, 2.45) is 10.2 Å². The maximum absolute atomic E-state index is 8.32. The van der Waals surface area contributed by atoms with Gasteiger partial charge in [-0.1, -0.05) is 98.6 Å². The lowest BCUT2D eigenvalue weighted by molar-refractivity contribution is -0.0000142. The highest BCUT2D eigenvalue weighted by Gasteiger charge is 2.39. The molecule has 2 aliphatic rings. The van der Waals surface area contributed by atoms with E-state index in [-0.39, 0.29) is 23.2 Å². The van der Waals surface area contributed by atoms with Crippen molar-refractivity contribution in [2.45, 2.75) is 38.5 Å². The predicted octanol–water partition coefficient (Wildman–Crippen LogP) is 5.14. The topological polar surface area (TPSA) is 159 Å². The van der Waals surface area contributed by atoms with Crippen molar-refractivity contribution >= 4 is 11.4 Å². The molecule has 56 heavy (non-hydrogen) atoms. The molecule has 0 bridgehead atoms. The second-order valence-electron chi connectivity index (χ2n) is 13.8. The van der Waals surface area contributed by atoms with Gasteiger partial charge < -0.3 is 50.6 Å². The van der Waals surface area contributed by atoms with E-state index < -0.39 is 0 Å². The third-order valence-electron chi connectivity index (χ3n) is 9.44. The van der Waals surface area contributed by atoms with Crippen LogP contribution in [0.2, 0.25) is 0 Å². The van der Waals surface area contributed by atoms with Gasteiger partial charge in [-0.05, 0) is 46.0 Å². The van der Waals surface area contributed by atoms with E-state index in [9.17, 15) is 0 Å². The molecule has 2 aromatic carbocycles. The molecule has 0 unspecified atom stereocenters. The van der Waals surface area contributed by atoms with E-state index in [1.165, 1.54) is 22.4 Å². The summed E-state index contributed by atoms with van der Waals surface area (Å²) in [4.78, 5) is 9.92. The van der Waals surface area contributed by atoms with Crippen LogP contribution in [0.15, 0.2) is 107 Å². The first kappa shape index (κ1) is 46.1. The Balaban J connectivity index is 0.00000841. The molecule has 0 radical (unpaired) electrons. The van der Waals surface area contributed by atoms with Crippen LogP contribution in [-0.4, -0.2) is 99.0 Å². The third kappa shape index (κ3) is 13.7. The van der Waals surface area contributed by atoms with Crippen LogP contribution >= 0.6 is 0 Å². The number of benzene rings is 2. The minimum absolute atomic E-state index is 0. The van der Waals surface area contributed by atoms with Crippen molar-refractivity contribution in [3.05, 3.63) is 128 Å². The van der Waals surface area contributed by atoms with E-state index in [2.05, 4.69) is 143 Å². The summed E-state index contributed by atoms with van der Waals surface area (Å²) in [5.74, 6) is 0. The van der Waals surface area contributed by atoms with Gasteiger partial charge in [0.1, 0.15) is 6.73 Å². The van der Waals surface area contributed by atoms with Gasteiger partial charge in [0, 0.05) is 63.6 Å². The molecule has 2 heterocycles. The Labute approximate surface area is 337 Å². The van der Waals surface area contributed by atoms with Crippen LogP contribution in [0.25, 0.3) is 20.9 Å². The highest BCUT2D eigenvalue weighted by molar-refractivity contribution is 5.70. The summed E-state index contributed by atoms with van der Waals surface area (Å²) >= 11 is 0. The van der Waals surface area contributed by atoms with E-state index in [1.807, 2.05) is 0 Å². The molecule has 14 nitrogen and oxygen atoms in total. The van der Waals surface area contributed by atoms with E-state index in [1.54, 1.807) is 0 Å². The number of azide groups is 2. The number of ether oxygens (including phenoxy) is 6. The summed E-state index contributed by atoms with van der Waals surface area (Å²) in [6.07, 6.45) is 12.9. The summed E-state index contributed by atoms with van der Waals surface area (Å²) in [5, 5.41) is 6.88. The lowest BCUT2D eigenvalue weighted by Gasteiger charge is -2.38. The van der Waals surface area contributed by atoms with Crippen molar-refractivity contribution in [3.8, 4) is 0 Å². The number of allylic oxidation sites excluding steroid dienone is 7. The van der Waals surface area contributed by atoms with Gasteiger partial charge in [-0.15, -0.1) is 0 Å². The van der Waals surface area contributed by atoms with Crippen LogP contribution in [0, 0.1) is 0 Å².